The monoisotopic (exact) mass is 440 g/mol. The zero-order valence-electron chi connectivity index (χ0n) is 19.3. The quantitative estimate of drug-likeness (QED) is 0.315. The van der Waals surface area contributed by atoms with Gasteiger partial charge in [0.25, 0.3) is 0 Å². The lowest BCUT2D eigenvalue weighted by atomic mass is 10.1. The Balaban J connectivity index is 1.85. The third-order valence-corrected chi connectivity index (χ3v) is 12.8. The molecule has 6 rings (SSSR count). The van der Waals surface area contributed by atoms with Crippen LogP contribution in [0.2, 0.25) is 0 Å². The van der Waals surface area contributed by atoms with Crippen LogP contribution in [0.1, 0.15) is 33.4 Å². The summed E-state index contributed by atoms with van der Waals surface area (Å²) in [5.41, 5.74) is 8.67. The maximum absolute atomic E-state index is 2.58. The molecule has 2 aliphatic carbocycles. The minimum absolute atomic E-state index is 1.02. The number of benzene rings is 4. The zero-order chi connectivity index (χ0) is 22.4. The van der Waals surface area contributed by atoms with Gasteiger partial charge >= 0.3 is 0 Å². The molecule has 0 atom stereocenters. The predicted octanol–water partition coefficient (Wildman–Crippen LogP) is 4.82. The van der Waals surface area contributed by atoms with Crippen molar-refractivity contribution in [2.24, 2.45) is 0 Å². The summed E-state index contributed by atoms with van der Waals surface area (Å²) in [5.74, 6) is 0. The van der Waals surface area contributed by atoms with Crippen LogP contribution in [0.5, 0.6) is 0 Å². The van der Waals surface area contributed by atoms with Gasteiger partial charge in [0.05, 0.1) is 0 Å². The average molecular weight is 441 g/mol. The van der Waals surface area contributed by atoms with Crippen LogP contribution in [0.3, 0.4) is 0 Å². The fourth-order valence-electron chi connectivity index (χ4n) is 6.21. The van der Waals surface area contributed by atoms with Gasteiger partial charge in [-0.25, -0.2) is 0 Å². The van der Waals surface area contributed by atoms with Gasteiger partial charge in [-0.1, -0.05) is 120 Å². The Morgan fingerprint density at radius 1 is 0.515 bits per heavy atom. The largest absolute Gasteiger partial charge is 0.180 e. The van der Waals surface area contributed by atoms with Crippen molar-refractivity contribution >= 4 is 41.0 Å². The van der Waals surface area contributed by atoms with Gasteiger partial charge in [-0.3, -0.25) is 0 Å². The van der Waals surface area contributed by atoms with Crippen molar-refractivity contribution in [2.75, 3.05) is 0 Å². The van der Waals surface area contributed by atoms with Crippen molar-refractivity contribution < 1.29 is 0 Å². The average Bonchev–Trinajstić information content (AvgIpc) is 3.52. The van der Waals surface area contributed by atoms with E-state index in [1.54, 1.807) is 10.4 Å². The molecule has 0 fully saturated rings. The summed E-state index contributed by atoms with van der Waals surface area (Å²) in [7, 11) is -2.58. The fraction of sp³-hybridized carbons (Fsp3) is 0.125. The van der Waals surface area contributed by atoms with Crippen LogP contribution in [0.25, 0.3) is 12.2 Å². The summed E-state index contributed by atoms with van der Waals surface area (Å²) in [6, 6.07) is 32.1. The molecule has 0 bridgehead atoms. The number of aryl methyl sites for hydroxylation is 2. The van der Waals surface area contributed by atoms with Gasteiger partial charge in [-0.05, 0) is 69.7 Å². The van der Waals surface area contributed by atoms with Gasteiger partial charge < -0.3 is 0 Å². The van der Waals surface area contributed by atoms with E-state index in [0.717, 1.165) is 12.8 Å². The van der Waals surface area contributed by atoms with Gasteiger partial charge in [0.1, 0.15) is 0 Å². The first-order chi connectivity index (χ1) is 16.2. The van der Waals surface area contributed by atoms with Crippen molar-refractivity contribution in [1.82, 2.24) is 0 Å². The lowest BCUT2D eigenvalue weighted by Gasteiger charge is -2.39. The van der Waals surface area contributed by atoms with Crippen LogP contribution < -0.4 is 20.7 Å². The van der Waals surface area contributed by atoms with Crippen LogP contribution in [-0.2, 0) is 12.8 Å². The highest BCUT2D eigenvalue weighted by Crippen LogP contribution is 2.27. The highest BCUT2D eigenvalue weighted by Gasteiger charge is 2.46. The molecule has 2 aliphatic rings. The van der Waals surface area contributed by atoms with Gasteiger partial charge in [-0.15, -0.1) is 0 Å². The molecule has 0 heterocycles. The van der Waals surface area contributed by atoms with E-state index in [0.29, 0.717) is 0 Å². The predicted molar refractivity (Wildman–Crippen MR) is 145 cm³/mol. The molecule has 0 unspecified atom stereocenters. The standard InChI is InChI=1S/C32H28Si/c1-23-19-21-25-11-9-17-29(25)31(23)33(27-13-5-3-6-14-27,28-15-7-4-8-16-28)32-24(2)20-22-26-12-10-18-30(26)32/h3-16,19-22H,17-18H2,1-2H3. The van der Waals surface area contributed by atoms with Crippen LogP contribution >= 0.6 is 0 Å². The van der Waals surface area contributed by atoms with Crippen molar-refractivity contribution in [3.05, 3.63) is 130 Å². The van der Waals surface area contributed by atoms with Crippen molar-refractivity contribution in [1.29, 1.82) is 0 Å². The van der Waals surface area contributed by atoms with E-state index < -0.39 is 8.07 Å². The molecule has 160 valence electrons. The molecule has 0 nitrogen and oxygen atoms in total. The van der Waals surface area contributed by atoms with E-state index in [1.165, 1.54) is 43.8 Å². The molecular formula is C32H28Si. The first kappa shape index (κ1) is 20.2. The first-order valence-electron chi connectivity index (χ1n) is 11.9. The Kier molecular flexibility index (Phi) is 4.81. The van der Waals surface area contributed by atoms with Crippen LogP contribution in [0.15, 0.2) is 97.1 Å². The number of hydrogen-bond donors (Lipinski definition) is 0. The highest BCUT2D eigenvalue weighted by atomic mass is 28.3. The summed E-state index contributed by atoms with van der Waals surface area (Å²) < 4.78 is 0. The van der Waals surface area contributed by atoms with E-state index in [1.807, 2.05) is 0 Å². The maximum atomic E-state index is 2.39. The Morgan fingerprint density at radius 2 is 0.939 bits per heavy atom. The number of allylic oxidation sites excluding steroid dienone is 2. The minimum atomic E-state index is -2.58. The molecule has 0 saturated heterocycles. The molecule has 0 aromatic heterocycles. The van der Waals surface area contributed by atoms with Crippen LogP contribution in [-0.4, -0.2) is 8.07 Å². The molecule has 0 radical (unpaired) electrons. The van der Waals surface area contributed by atoms with Crippen molar-refractivity contribution in [3.8, 4) is 0 Å². The summed E-state index contributed by atoms with van der Waals surface area (Å²) in [4.78, 5) is 0. The van der Waals surface area contributed by atoms with E-state index in [2.05, 4.69) is 123 Å². The zero-order valence-corrected chi connectivity index (χ0v) is 20.3. The molecular weight excluding hydrogens is 412 g/mol. The lowest BCUT2D eigenvalue weighted by molar-refractivity contribution is 1.29. The molecule has 0 spiro atoms. The second-order valence-electron chi connectivity index (χ2n) is 9.35. The Hall–Kier alpha value is -3.42. The van der Waals surface area contributed by atoms with Gasteiger partial charge in [0, 0.05) is 0 Å². The molecule has 0 N–H and O–H groups in total. The lowest BCUT2D eigenvalue weighted by Crippen LogP contribution is -2.77. The van der Waals surface area contributed by atoms with E-state index in [-0.39, 0.29) is 0 Å². The summed E-state index contributed by atoms with van der Waals surface area (Å²) >= 11 is 0. The third kappa shape index (κ3) is 2.96. The summed E-state index contributed by atoms with van der Waals surface area (Å²) in [5, 5.41) is 6.13. The molecule has 33 heavy (non-hydrogen) atoms. The van der Waals surface area contributed by atoms with Gasteiger partial charge in [0.2, 0.25) is 0 Å². The van der Waals surface area contributed by atoms with Crippen LogP contribution in [0, 0.1) is 13.8 Å². The number of fused-ring (bicyclic) bond motifs is 2. The van der Waals surface area contributed by atoms with E-state index in [4.69, 9.17) is 0 Å². The van der Waals surface area contributed by atoms with Gasteiger partial charge in [-0.2, -0.15) is 0 Å². The van der Waals surface area contributed by atoms with E-state index >= 15 is 0 Å². The fourth-order valence-corrected chi connectivity index (χ4v) is 12.1. The maximum Gasteiger partial charge on any atom is 0.180 e. The Labute approximate surface area is 198 Å². The van der Waals surface area contributed by atoms with Crippen molar-refractivity contribution in [3.63, 3.8) is 0 Å². The summed E-state index contributed by atoms with van der Waals surface area (Å²) in [6.45, 7) is 4.66. The smallest absolute Gasteiger partial charge is 0.0795 e. The van der Waals surface area contributed by atoms with E-state index in [9.17, 15) is 0 Å². The second kappa shape index (κ2) is 7.86. The number of rotatable bonds is 4. The minimum Gasteiger partial charge on any atom is -0.0795 e. The molecule has 4 aromatic carbocycles. The first-order valence-corrected chi connectivity index (χ1v) is 13.9. The Morgan fingerprint density at radius 3 is 1.36 bits per heavy atom. The normalized spacial score (nSPS) is 13.9. The molecule has 0 amide bonds. The molecule has 4 aromatic rings. The topological polar surface area (TPSA) is 0 Å². The third-order valence-electron chi connectivity index (χ3n) is 7.52. The van der Waals surface area contributed by atoms with Crippen LogP contribution in [0.4, 0.5) is 0 Å². The SMILES string of the molecule is Cc1ccc2c(c1[Si](c1ccccc1)(c1ccccc1)c1c(C)ccc3c1CC=C3)CC=C2. The number of hydrogen-bond acceptors (Lipinski definition) is 0. The molecule has 1 heteroatoms. The molecule has 0 saturated carbocycles. The molecule has 0 aliphatic heterocycles. The highest BCUT2D eigenvalue weighted by molar-refractivity contribution is 7.20. The second-order valence-corrected chi connectivity index (χ2v) is 13.0. The summed E-state index contributed by atoms with van der Waals surface area (Å²) in [6.07, 6.45) is 11.4. The Bertz CT molecular complexity index is 1300. The van der Waals surface area contributed by atoms with Gasteiger partial charge in [0.15, 0.2) is 8.07 Å². The van der Waals surface area contributed by atoms with Crippen molar-refractivity contribution in [2.45, 2.75) is 26.7 Å².